The summed E-state index contributed by atoms with van der Waals surface area (Å²) in [6.45, 7) is 9.01. The molecule has 0 aromatic heterocycles. The fourth-order valence-electron chi connectivity index (χ4n) is 4.42. The van der Waals surface area contributed by atoms with Gasteiger partial charge in [0.2, 0.25) is 0 Å². The van der Waals surface area contributed by atoms with E-state index >= 15 is 0 Å². The summed E-state index contributed by atoms with van der Waals surface area (Å²) in [5.74, 6) is 1.19. The predicted octanol–water partition coefficient (Wildman–Crippen LogP) is 3.13. The van der Waals surface area contributed by atoms with Crippen molar-refractivity contribution in [1.82, 2.24) is 0 Å². The van der Waals surface area contributed by atoms with Crippen LogP contribution in [0, 0.1) is 17.3 Å². The topological polar surface area (TPSA) is 32.8 Å². The van der Waals surface area contributed by atoms with Crippen molar-refractivity contribution in [2.24, 2.45) is 17.3 Å². The Hall–Kier alpha value is -0.0800. The molecule has 0 unspecified atom stereocenters. The second-order valence-corrected chi connectivity index (χ2v) is 7.76. The van der Waals surface area contributed by atoms with E-state index in [4.69, 9.17) is 4.74 Å². The molecule has 1 saturated heterocycles. The van der Waals surface area contributed by atoms with Crippen LogP contribution < -0.4 is 0 Å². The van der Waals surface area contributed by atoms with E-state index in [2.05, 4.69) is 20.8 Å². The van der Waals surface area contributed by atoms with Crippen LogP contribution in [0.1, 0.15) is 59.8 Å². The predicted molar refractivity (Wildman–Crippen MR) is 67.7 cm³/mol. The maximum atomic E-state index is 10.7. The zero-order valence-electron chi connectivity index (χ0n) is 11.6. The highest BCUT2D eigenvalue weighted by atomic mass is 16.6. The van der Waals surface area contributed by atoms with E-state index in [1.165, 1.54) is 19.3 Å². The first-order valence-electron chi connectivity index (χ1n) is 7.15. The van der Waals surface area contributed by atoms with E-state index in [1.54, 1.807) is 0 Å². The van der Waals surface area contributed by atoms with E-state index in [-0.39, 0.29) is 5.60 Å². The summed E-state index contributed by atoms with van der Waals surface area (Å²) in [7, 11) is 0. The van der Waals surface area contributed by atoms with Crippen LogP contribution in [-0.4, -0.2) is 22.4 Å². The van der Waals surface area contributed by atoms with Crippen molar-refractivity contribution in [3.63, 3.8) is 0 Å². The molecule has 0 aromatic carbocycles. The Labute approximate surface area is 105 Å². The van der Waals surface area contributed by atoms with Gasteiger partial charge in [0.25, 0.3) is 0 Å². The first-order valence-corrected chi connectivity index (χ1v) is 7.15. The van der Waals surface area contributed by atoms with E-state index < -0.39 is 5.60 Å². The first-order chi connectivity index (χ1) is 7.75. The molecule has 1 aliphatic heterocycles. The average Bonchev–Trinajstić information content (AvgIpc) is 2.83. The van der Waals surface area contributed by atoms with Gasteiger partial charge in [-0.2, -0.15) is 0 Å². The lowest BCUT2D eigenvalue weighted by atomic mass is 9.50. The minimum absolute atomic E-state index is 0.136. The summed E-state index contributed by atoms with van der Waals surface area (Å²) in [6.07, 6.45) is 5.94. The normalized spacial score (nSPS) is 56.6. The Kier molecular flexibility index (Phi) is 2.30. The van der Waals surface area contributed by atoms with Crippen molar-refractivity contribution in [2.45, 2.75) is 77.1 Å². The van der Waals surface area contributed by atoms with Gasteiger partial charge in [-0.1, -0.05) is 13.8 Å². The number of epoxide rings is 1. The molecular weight excluding hydrogens is 212 g/mol. The van der Waals surface area contributed by atoms with Crippen LogP contribution in [0.3, 0.4) is 0 Å². The monoisotopic (exact) mass is 238 g/mol. The Morgan fingerprint density at radius 3 is 2.35 bits per heavy atom. The van der Waals surface area contributed by atoms with Gasteiger partial charge in [-0.3, -0.25) is 0 Å². The first kappa shape index (κ1) is 12.0. The average molecular weight is 238 g/mol. The van der Waals surface area contributed by atoms with Gasteiger partial charge in [0.1, 0.15) is 0 Å². The molecule has 0 aromatic rings. The minimum atomic E-state index is -0.475. The molecule has 2 saturated carbocycles. The van der Waals surface area contributed by atoms with Gasteiger partial charge in [0, 0.05) is 0 Å². The summed E-state index contributed by atoms with van der Waals surface area (Å²) >= 11 is 0. The molecule has 0 radical (unpaired) electrons. The molecule has 3 rings (SSSR count). The molecule has 2 aliphatic carbocycles. The van der Waals surface area contributed by atoms with Crippen LogP contribution in [0.15, 0.2) is 0 Å². The lowest BCUT2D eigenvalue weighted by Gasteiger charge is -2.57. The fourth-order valence-corrected chi connectivity index (χ4v) is 4.42. The smallest absolute Gasteiger partial charge is 0.0920 e. The second-order valence-electron chi connectivity index (χ2n) is 7.76. The zero-order chi connectivity index (χ0) is 12.5. The highest BCUT2D eigenvalue weighted by molar-refractivity contribution is 5.08. The number of hydrogen-bond donors (Lipinski definition) is 1. The summed E-state index contributed by atoms with van der Waals surface area (Å²) in [5, 5.41) is 10.7. The van der Waals surface area contributed by atoms with Crippen molar-refractivity contribution in [3.05, 3.63) is 0 Å². The van der Waals surface area contributed by atoms with Gasteiger partial charge in [-0.05, 0) is 63.2 Å². The molecule has 98 valence electrons. The van der Waals surface area contributed by atoms with Gasteiger partial charge in [-0.15, -0.1) is 0 Å². The Morgan fingerprint density at radius 2 is 1.71 bits per heavy atom. The fraction of sp³-hybridized carbons (Fsp3) is 1.00. The molecular formula is C15H26O2. The molecule has 1 heterocycles. The van der Waals surface area contributed by atoms with Gasteiger partial charge < -0.3 is 9.84 Å². The standard InChI is InChI=1S/C15H26O2/c1-13(2)9-11-10(13)5-8-15(4)12(17-15)6-7-14(11,3)16/h10-12,16H,5-9H2,1-4H3/t10-,11+,12+,14-,15-/m1/s1. The maximum absolute atomic E-state index is 10.7. The highest BCUT2D eigenvalue weighted by Crippen LogP contribution is 2.60. The van der Waals surface area contributed by atoms with E-state index in [9.17, 15) is 5.11 Å². The van der Waals surface area contributed by atoms with Crippen molar-refractivity contribution in [1.29, 1.82) is 0 Å². The molecule has 17 heavy (non-hydrogen) atoms. The van der Waals surface area contributed by atoms with Gasteiger partial charge in [0.05, 0.1) is 17.3 Å². The highest BCUT2D eigenvalue weighted by Gasteiger charge is 2.59. The van der Waals surface area contributed by atoms with Gasteiger partial charge in [-0.25, -0.2) is 0 Å². The number of fused-ring (bicyclic) bond motifs is 2. The molecule has 3 aliphatic rings. The Bertz CT molecular complexity index is 334. The molecule has 2 nitrogen and oxygen atoms in total. The molecule has 0 spiro atoms. The molecule has 3 fully saturated rings. The molecule has 5 atom stereocenters. The Morgan fingerprint density at radius 1 is 1.00 bits per heavy atom. The summed E-state index contributed by atoms with van der Waals surface area (Å²) in [5.41, 5.74) is 0.0772. The summed E-state index contributed by atoms with van der Waals surface area (Å²) in [4.78, 5) is 0. The van der Waals surface area contributed by atoms with E-state index in [0.29, 0.717) is 23.4 Å². The number of ether oxygens (including phenoxy) is 1. The van der Waals surface area contributed by atoms with Gasteiger partial charge in [0.15, 0.2) is 0 Å². The number of hydrogen-bond acceptors (Lipinski definition) is 2. The third kappa shape index (κ3) is 1.76. The molecule has 0 amide bonds. The quantitative estimate of drug-likeness (QED) is 0.658. The lowest BCUT2D eigenvalue weighted by Crippen LogP contribution is -2.54. The van der Waals surface area contributed by atoms with Crippen LogP contribution in [0.25, 0.3) is 0 Å². The van der Waals surface area contributed by atoms with Crippen molar-refractivity contribution in [3.8, 4) is 0 Å². The lowest BCUT2D eigenvalue weighted by molar-refractivity contribution is -0.144. The van der Waals surface area contributed by atoms with Crippen LogP contribution >= 0.6 is 0 Å². The zero-order valence-corrected chi connectivity index (χ0v) is 11.6. The van der Waals surface area contributed by atoms with E-state index in [1.807, 2.05) is 6.92 Å². The number of rotatable bonds is 0. The van der Waals surface area contributed by atoms with Crippen molar-refractivity contribution < 1.29 is 9.84 Å². The number of aliphatic hydroxyl groups is 1. The molecule has 2 heteroatoms. The maximum Gasteiger partial charge on any atom is 0.0920 e. The third-order valence-corrected chi connectivity index (χ3v) is 5.93. The second kappa shape index (κ2) is 3.27. The Balaban J connectivity index is 1.81. The van der Waals surface area contributed by atoms with Crippen LogP contribution in [0.5, 0.6) is 0 Å². The van der Waals surface area contributed by atoms with Crippen LogP contribution in [0.2, 0.25) is 0 Å². The van der Waals surface area contributed by atoms with Gasteiger partial charge >= 0.3 is 0 Å². The van der Waals surface area contributed by atoms with Crippen molar-refractivity contribution in [2.75, 3.05) is 0 Å². The summed E-state index contributed by atoms with van der Waals surface area (Å²) in [6, 6.07) is 0. The SMILES string of the molecule is CC1(C)C[C@H]2[C@H]1CC[C@@]1(C)O[C@H]1CC[C@@]2(C)O. The van der Waals surface area contributed by atoms with E-state index in [0.717, 1.165) is 12.8 Å². The molecule has 1 N–H and O–H groups in total. The van der Waals surface area contributed by atoms with Crippen LogP contribution in [0.4, 0.5) is 0 Å². The summed E-state index contributed by atoms with van der Waals surface area (Å²) < 4.78 is 5.84. The van der Waals surface area contributed by atoms with Crippen molar-refractivity contribution >= 4 is 0 Å². The minimum Gasteiger partial charge on any atom is -0.390 e. The largest absolute Gasteiger partial charge is 0.390 e. The van der Waals surface area contributed by atoms with Crippen LogP contribution in [-0.2, 0) is 4.74 Å². The molecule has 0 bridgehead atoms. The third-order valence-electron chi connectivity index (χ3n) is 5.93.